The number of hydrogen-bond acceptors (Lipinski definition) is 2. The molecule has 0 radical (unpaired) electrons. The molecular formula is C32H34MgO2. The topological polar surface area (TPSA) is 46.1 Å². The van der Waals surface area contributed by atoms with E-state index in [1.807, 2.05) is 97.1 Å². The Balaban J connectivity index is 0.000000240. The van der Waals surface area contributed by atoms with Crippen LogP contribution in [0.1, 0.15) is 52.7 Å². The Morgan fingerprint density at radius 3 is 1.03 bits per heavy atom. The molecule has 176 valence electrons. The summed E-state index contributed by atoms with van der Waals surface area (Å²) in [6.07, 6.45) is 0. The van der Waals surface area contributed by atoms with E-state index in [4.69, 9.17) is 0 Å². The third kappa shape index (κ3) is 7.12. The molecule has 0 fully saturated rings. The third-order valence-corrected chi connectivity index (χ3v) is 5.82. The van der Waals surface area contributed by atoms with Crippen molar-refractivity contribution in [3.63, 3.8) is 0 Å². The van der Waals surface area contributed by atoms with Gasteiger partial charge in [-0.1, -0.05) is 150 Å². The van der Waals surface area contributed by atoms with Gasteiger partial charge in [0.2, 0.25) is 0 Å². The quantitative estimate of drug-likeness (QED) is 0.292. The molecule has 0 aliphatic heterocycles. The van der Waals surface area contributed by atoms with Crippen LogP contribution < -0.4 is 10.2 Å². The van der Waals surface area contributed by atoms with Crippen molar-refractivity contribution in [3.8, 4) is 33.8 Å². The van der Waals surface area contributed by atoms with E-state index in [1.165, 1.54) is 0 Å². The number of benzene rings is 4. The minimum atomic E-state index is -0.109. The monoisotopic (exact) mass is 474 g/mol. The average molecular weight is 475 g/mol. The predicted molar refractivity (Wildman–Crippen MR) is 146 cm³/mol. The van der Waals surface area contributed by atoms with E-state index in [2.05, 4.69) is 41.5 Å². The van der Waals surface area contributed by atoms with Crippen molar-refractivity contribution in [2.45, 2.75) is 52.4 Å². The SMILES string of the molecule is CC(C)(C)c1cccc(-c2ccccc2)c1[O-].CC(C)(C)c1cccc(-c2ccccc2)c1[O-].[Mg+2]. The molecule has 0 saturated heterocycles. The van der Waals surface area contributed by atoms with E-state index in [1.54, 1.807) is 0 Å². The molecule has 0 aliphatic carbocycles. The summed E-state index contributed by atoms with van der Waals surface area (Å²) >= 11 is 0. The van der Waals surface area contributed by atoms with Crippen LogP contribution in [0.3, 0.4) is 0 Å². The molecule has 3 heteroatoms. The maximum absolute atomic E-state index is 12.4. The number of rotatable bonds is 2. The van der Waals surface area contributed by atoms with E-state index >= 15 is 0 Å². The first-order chi connectivity index (χ1) is 16.0. The Hall–Kier alpha value is -2.75. The van der Waals surface area contributed by atoms with Crippen molar-refractivity contribution in [1.29, 1.82) is 0 Å². The molecular weight excluding hydrogens is 441 g/mol. The van der Waals surface area contributed by atoms with Gasteiger partial charge in [-0.05, 0) is 44.2 Å². The summed E-state index contributed by atoms with van der Waals surface area (Å²) in [6, 6.07) is 31.2. The van der Waals surface area contributed by atoms with Gasteiger partial charge in [0.05, 0.1) is 0 Å². The molecule has 0 heterocycles. The summed E-state index contributed by atoms with van der Waals surface area (Å²) in [4.78, 5) is 0. The molecule has 0 aromatic heterocycles. The van der Waals surface area contributed by atoms with Crippen LogP contribution in [0.15, 0.2) is 97.1 Å². The summed E-state index contributed by atoms with van der Waals surface area (Å²) in [5, 5.41) is 24.8. The Kier molecular flexibility index (Phi) is 9.59. The molecule has 0 unspecified atom stereocenters. The molecule has 2 nitrogen and oxygen atoms in total. The number of para-hydroxylation sites is 2. The minimum Gasteiger partial charge on any atom is -0.872 e. The van der Waals surface area contributed by atoms with Gasteiger partial charge in [0.15, 0.2) is 0 Å². The number of hydrogen-bond donors (Lipinski definition) is 0. The van der Waals surface area contributed by atoms with Crippen LogP contribution >= 0.6 is 0 Å². The molecule has 4 aromatic carbocycles. The normalized spacial score (nSPS) is 11.1. The standard InChI is InChI=1S/2C16H18O.Mg/c2*1-16(2,3)14-11-7-10-13(15(14)17)12-8-5-4-6-9-12;/h2*4-11,17H,1-3H3;/q;;+2/p-2. The van der Waals surface area contributed by atoms with Crippen molar-refractivity contribution in [3.05, 3.63) is 108 Å². The summed E-state index contributed by atoms with van der Waals surface area (Å²) in [7, 11) is 0. The molecule has 4 aromatic rings. The predicted octanol–water partition coefficient (Wildman–Crippen LogP) is 7.07. The van der Waals surface area contributed by atoms with Gasteiger partial charge in [0.1, 0.15) is 0 Å². The van der Waals surface area contributed by atoms with Crippen LogP contribution in [0, 0.1) is 0 Å². The molecule has 0 amide bonds. The molecule has 0 N–H and O–H groups in total. The van der Waals surface area contributed by atoms with Gasteiger partial charge in [-0.25, -0.2) is 0 Å². The second kappa shape index (κ2) is 11.8. The van der Waals surface area contributed by atoms with E-state index < -0.39 is 0 Å². The molecule has 0 spiro atoms. The van der Waals surface area contributed by atoms with E-state index in [0.717, 1.165) is 33.4 Å². The first-order valence-electron chi connectivity index (χ1n) is 11.7. The van der Waals surface area contributed by atoms with Crippen molar-refractivity contribution in [1.82, 2.24) is 0 Å². The second-order valence-corrected chi connectivity index (χ2v) is 10.6. The first-order valence-corrected chi connectivity index (χ1v) is 11.7. The van der Waals surface area contributed by atoms with Crippen LogP contribution in [0.25, 0.3) is 22.3 Å². The fourth-order valence-corrected chi connectivity index (χ4v) is 3.95. The molecule has 0 saturated carbocycles. The summed E-state index contributed by atoms with van der Waals surface area (Å²) < 4.78 is 0. The van der Waals surface area contributed by atoms with E-state index in [-0.39, 0.29) is 45.4 Å². The van der Waals surface area contributed by atoms with Crippen LogP contribution in [0.5, 0.6) is 11.5 Å². The first kappa shape index (κ1) is 28.5. The van der Waals surface area contributed by atoms with E-state index in [9.17, 15) is 10.2 Å². The van der Waals surface area contributed by atoms with Gasteiger partial charge < -0.3 is 10.2 Å². The van der Waals surface area contributed by atoms with Gasteiger partial charge in [-0.2, -0.15) is 0 Å². The van der Waals surface area contributed by atoms with Crippen LogP contribution in [-0.2, 0) is 10.8 Å². The summed E-state index contributed by atoms with van der Waals surface area (Å²) in [5.41, 5.74) is 5.09. The Morgan fingerprint density at radius 2 is 0.743 bits per heavy atom. The van der Waals surface area contributed by atoms with Crippen LogP contribution in [0.4, 0.5) is 0 Å². The molecule has 0 atom stereocenters. The Bertz CT molecular complexity index is 1120. The molecule has 35 heavy (non-hydrogen) atoms. The van der Waals surface area contributed by atoms with Gasteiger partial charge in [-0.15, -0.1) is 0 Å². The fraction of sp³-hybridized carbons (Fsp3) is 0.250. The fourth-order valence-electron chi connectivity index (χ4n) is 3.95. The van der Waals surface area contributed by atoms with Crippen molar-refractivity contribution in [2.75, 3.05) is 0 Å². The van der Waals surface area contributed by atoms with Crippen molar-refractivity contribution >= 4 is 23.1 Å². The zero-order chi connectivity index (χ0) is 24.9. The summed E-state index contributed by atoms with van der Waals surface area (Å²) in [6.45, 7) is 12.4. The molecule has 0 bridgehead atoms. The van der Waals surface area contributed by atoms with Gasteiger partial charge in [-0.3, -0.25) is 0 Å². The zero-order valence-electron chi connectivity index (χ0n) is 21.8. The van der Waals surface area contributed by atoms with Gasteiger partial charge >= 0.3 is 23.1 Å². The summed E-state index contributed by atoms with van der Waals surface area (Å²) in [5.74, 6) is 0.289. The zero-order valence-corrected chi connectivity index (χ0v) is 23.2. The van der Waals surface area contributed by atoms with Crippen LogP contribution in [0.2, 0.25) is 0 Å². The van der Waals surface area contributed by atoms with E-state index in [0.29, 0.717) is 0 Å². The average Bonchev–Trinajstić information content (AvgIpc) is 2.79. The molecule has 0 aliphatic rings. The Labute approximate surface area is 226 Å². The minimum absolute atomic E-state index is 0. The van der Waals surface area contributed by atoms with Crippen molar-refractivity contribution in [2.24, 2.45) is 0 Å². The van der Waals surface area contributed by atoms with Crippen molar-refractivity contribution < 1.29 is 10.2 Å². The largest absolute Gasteiger partial charge is 2.00 e. The maximum atomic E-state index is 12.4. The van der Waals surface area contributed by atoms with Crippen LogP contribution in [-0.4, -0.2) is 23.1 Å². The maximum Gasteiger partial charge on any atom is 2.00 e. The second-order valence-electron chi connectivity index (χ2n) is 10.6. The Morgan fingerprint density at radius 1 is 0.429 bits per heavy atom. The molecule has 4 rings (SSSR count). The van der Waals surface area contributed by atoms with Gasteiger partial charge in [0, 0.05) is 0 Å². The van der Waals surface area contributed by atoms with Gasteiger partial charge in [0.25, 0.3) is 0 Å². The smallest absolute Gasteiger partial charge is 0.872 e. The third-order valence-electron chi connectivity index (χ3n) is 5.82.